The molecule has 108 valence electrons. The van der Waals surface area contributed by atoms with Crippen molar-refractivity contribution in [1.29, 1.82) is 0 Å². The average Bonchev–Trinajstić information content (AvgIpc) is 3.15. The number of benzene rings is 2. The van der Waals surface area contributed by atoms with Crippen molar-refractivity contribution >= 4 is 11.0 Å². The fraction of sp³-hybridized carbons (Fsp3) is 0.0667. The van der Waals surface area contributed by atoms with Gasteiger partial charge in [0.1, 0.15) is 11.3 Å². The summed E-state index contributed by atoms with van der Waals surface area (Å²) in [5, 5.41) is 11.9. The lowest BCUT2D eigenvalue weighted by molar-refractivity contribution is 0.432. The van der Waals surface area contributed by atoms with Crippen LogP contribution in [0.1, 0.15) is 0 Å². The summed E-state index contributed by atoms with van der Waals surface area (Å²) >= 11 is 0. The molecule has 0 saturated carbocycles. The third-order valence-corrected chi connectivity index (χ3v) is 3.37. The lowest BCUT2D eigenvalue weighted by Crippen LogP contribution is -1.90. The minimum atomic E-state index is -0.348. The van der Waals surface area contributed by atoms with Crippen molar-refractivity contribution in [2.24, 2.45) is 7.05 Å². The number of aryl methyl sites for hydroxylation is 1. The van der Waals surface area contributed by atoms with Crippen LogP contribution in [0.15, 0.2) is 47.0 Å². The second-order valence-electron chi connectivity index (χ2n) is 4.85. The third kappa shape index (κ3) is 2.03. The summed E-state index contributed by atoms with van der Waals surface area (Å²) in [6.45, 7) is 0. The van der Waals surface area contributed by atoms with Crippen LogP contribution in [0.25, 0.3) is 33.9 Å². The van der Waals surface area contributed by atoms with Crippen molar-refractivity contribution in [2.45, 2.75) is 0 Å². The standard InChI is InChI=1S/C15H10FN5O/c1-21-13-8-9(5-6-12(13)18-20-21)14-17-15(22-19-14)10-3-2-4-11(16)7-10/h2-8H,1H3. The molecule has 0 saturated heterocycles. The number of hydrogen-bond donors (Lipinski definition) is 0. The summed E-state index contributed by atoms with van der Waals surface area (Å²) in [6, 6.07) is 11.6. The van der Waals surface area contributed by atoms with E-state index in [0.717, 1.165) is 16.6 Å². The Balaban J connectivity index is 1.77. The molecule has 0 bridgehead atoms. The zero-order valence-electron chi connectivity index (χ0n) is 11.6. The van der Waals surface area contributed by atoms with Crippen LogP contribution < -0.4 is 0 Å². The van der Waals surface area contributed by atoms with E-state index in [9.17, 15) is 4.39 Å². The highest BCUT2D eigenvalue weighted by Crippen LogP contribution is 2.24. The van der Waals surface area contributed by atoms with E-state index in [2.05, 4.69) is 20.5 Å². The van der Waals surface area contributed by atoms with Crippen molar-refractivity contribution < 1.29 is 8.91 Å². The lowest BCUT2D eigenvalue weighted by Gasteiger charge is -1.96. The van der Waals surface area contributed by atoms with Gasteiger partial charge in [-0.25, -0.2) is 9.07 Å². The van der Waals surface area contributed by atoms with Gasteiger partial charge in [0.05, 0.1) is 5.52 Å². The number of aromatic nitrogens is 5. The van der Waals surface area contributed by atoms with E-state index in [4.69, 9.17) is 4.52 Å². The van der Waals surface area contributed by atoms with Crippen LogP contribution >= 0.6 is 0 Å². The Hall–Kier alpha value is -3.09. The molecule has 0 unspecified atom stereocenters. The number of hydrogen-bond acceptors (Lipinski definition) is 5. The molecule has 0 aliphatic carbocycles. The van der Waals surface area contributed by atoms with Crippen LogP contribution in [0.5, 0.6) is 0 Å². The summed E-state index contributed by atoms with van der Waals surface area (Å²) < 4.78 is 20.2. The van der Waals surface area contributed by atoms with Crippen molar-refractivity contribution in [1.82, 2.24) is 25.1 Å². The molecule has 2 heterocycles. The van der Waals surface area contributed by atoms with E-state index >= 15 is 0 Å². The van der Waals surface area contributed by atoms with Crippen molar-refractivity contribution in [2.75, 3.05) is 0 Å². The topological polar surface area (TPSA) is 69.6 Å². The number of nitrogens with zero attached hydrogens (tertiary/aromatic N) is 5. The Bertz CT molecular complexity index is 975. The van der Waals surface area contributed by atoms with Gasteiger partial charge in [0.2, 0.25) is 5.82 Å². The fourth-order valence-electron chi connectivity index (χ4n) is 2.25. The van der Waals surface area contributed by atoms with E-state index in [0.29, 0.717) is 11.4 Å². The Morgan fingerprint density at radius 1 is 1.09 bits per heavy atom. The Morgan fingerprint density at radius 3 is 2.86 bits per heavy atom. The highest BCUT2D eigenvalue weighted by atomic mass is 19.1. The molecule has 2 aromatic heterocycles. The number of fused-ring (bicyclic) bond motifs is 1. The maximum Gasteiger partial charge on any atom is 0.258 e. The fourth-order valence-corrected chi connectivity index (χ4v) is 2.25. The normalized spacial score (nSPS) is 11.2. The molecular weight excluding hydrogens is 285 g/mol. The second kappa shape index (κ2) is 4.73. The van der Waals surface area contributed by atoms with Crippen LogP contribution in [0.3, 0.4) is 0 Å². The predicted molar refractivity (Wildman–Crippen MR) is 77.2 cm³/mol. The Kier molecular flexibility index (Phi) is 2.72. The molecule has 4 aromatic rings. The lowest BCUT2D eigenvalue weighted by atomic mass is 10.2. The minimum Gasteiger partial charge on any atom is -0.334 e. The molecule has 0 aliphatic heterocycles. The van der Waals surface area contributed by atoms with Crippen LogP contribution in [0.2, 0.25) is 0 Å². The molecule has 4 rings (SSSR count). The zero-order chi connectivity index (χ0) is 15.1. The van der Waals surface area contributed by atoms with Gasteiger partial charge in [-0.15, -0.1) is 5.10 Å². The Morgan fingerprint density at radius 2 is 2.00 bits per heavy atom. The SMILES string of the molecule is Cn1nnc2ccc(-c3noc(-c4cccc(F)c4)n3)cc21. The van der Waals surface area contributed by atoms with Crippen LogP contribution in [-0.2, 0) is 7.05 Å². The van der Waals surface area contributed by atoms with Crippen LogP contribution in [0.4, 0.5) is 4.39 Å². The highest BCUT2D eigenvalue weighted by molar-refractivity contribution is 5.80. The monoisotopic (exact) mass is 295 g/mol. The van der Waals surface area contributed by atoms with Gasteiger partial charge < -0.3 is 4.52 Å². The van der Waals surface area contributed by atoms with Crippen molar-refractivity contribution in [3.63, 3.8) is 0 Å². The molecule has 0 atom stereocenters. The van der Waals surface area contributed by atoms with Crippen LogP contribution in [-0.4, -0.2) is 25.1 Å². The van der Waals surface area contributed by atoms with Gasteiger partial charge in [-0.3, -0.25) is 0 Å². The summed E-state index contributed by atoms with van der Waals surface area (Å²) in [4.78, 5) is 4.32. The first kappa shape index (κ1) is 12.6. The average molecular weight is 295 g/mol. The van der Waals surface area contributed by atoms with E-state index in [-0.39, 0.29) is 11.7 Å². The molecule has 0 amide bonds. The van der Waals surface area contributed by atoms with Gasteiger partial charge in [-0.05, 0) is 36.4 Å². The van der Waals surface area contributed by atoms with Crippen molar-refractivity contribution in [3.8, 4) is 22.8 Å². The van der Waals surface area contributed by atoms with E-state index in [1.165, 1.54) is 12.1 Å². The molecule has 7 heteroatoms. The largest absolute Gasteiger partial charge is 0.334 e. The first-order chi connectivity index (χ1) is 10.7. The van der Waals surface area contributed by atoms with Crippen LogP contribution in [0, 0.1) is 5.82 Å². The van der Waals surface area contributed by atoms with E-state index < -0.39 is 0 Å². The van der Waals surface area contributed by atoms with Gasteiger partial charge in [-0.1, -0.05) is 16.4 Å². The number of halogens is 1. The maximum atomic E-state index is 13.3. The van der Waals surface area contributed by atoms with E-state index in [1.54, 1.807) is 16.8 Å². The molecule has 6 nitrogen and oxygen atoms in total. The van der Waals surface area contributed by atoms with Gasteiger partial charge in [0.25, 0.3) is 5.89 Å². The van der Waals surface area contributed by atoms with Gasteiger partial charge >= 0.3 is 0 Å². The summed E-state index contributed by atoms with van der Waals surface area (Å²) in [7, 11) is 1.81. The van der Waals surface area contributed by atoms with Crippen molar-refractivity contribution in [3.05, 3.63) is 48.3 Å². The molecule has 0 radical (unpaired) electrons. The minimum absolute atomic E-state index is 0.276. The highest BCUT2D eigenvalue weighted by Gasteiger charge is 2.12. The predicted octanol–water partition coefficient (Wildman–Crippen LogP) is 2.82. The molecule has 2 aromatic carbocycles. The first-order valence-corrected chi connectivity index (χ1v) is 6.60. The maximum absolute atomic E-state index is 13.3. The Labute approximate surface area is 124 Å². The zero-order valence-corrected chi connectivity index (χ0v) is 11.6. The van der Waals surface area contributed by atoms with Gasteiger partial charge in [0, 0.05) is 18.2 Å². The number of rotatable bonds is 2. The molecular formula is C15H10FN5O. The molecule has 0 N–H and O–H groups in total. The van der Waals surface area contributed by atoms with E-state index in [1.807, 2.05) is 25.2 Å². The third-order valence-electron chi connectivity index (χ3n) is 3.37. The summed E-state index contributed by atoms with van der Waals surface area (Å²) in [5.74, 6) is 0.361. The smallest absolute Gasteiger partial charge is 0.258 e. The quantitative estimate of drug-likeness (QED) is 0.568. The summed E-state index contributed by atoms with van der Waals surface area (Å²) in [5.41, 5.74) is 2.99. The summed E-state index contributed by atoms with van der Waals surface area (Å²) in [6.07, 6.45) is 0. The molecule has 0 fully saturated rings. The first-order valence-electron chi connectivity index (χ1n) is 6.60. The molecule has 0 aliphatic rings. The molecule has 22 heavy (non-hydrogen) atoms. The molecule has 0 spiro atoms. The second-order valence-corrected chi connectivity index (χ2v) is 4.85. The van der Waals surface area contributed by atoms with Gasteiger partial charge in [0.15, 0.2) is 0 Å². The van der Waals surface area contributed by atoms with Gasteiger partial charge in [-0.2, -0.15) is 4.98 Å².